The van der Waals surface area contributed by atoms with E-state index in [2.05, 4.69) is 15.3 Å². The van der Waals surface area contributed by atoms with Crippen LogP contribution in [0.2, 0.25) is 4.34 Å². The van der Waals surface area contributed by atoms with Crippen molar-refractivity contribution in [1.82, 2.24) is 24.4 Å². The van der Waals surface area contributed by atoms with Gasteiger partial charge in [-0.15, -0.1) is 11.3 Å². The number of carbonyl (C=O) groups is 1. The number of nitrogens with one attached hydrogen (secondary N) is 2. The van der Waals surface area contributed by atoms with Crippen molar-refractivity contribution >= 4 is 28.8 Å². The molecule has 0 aliphatic rings. The van der Waals surface area contributed by atoms with E-state index in [1.54, 1.807) is 53.5 Å². The smallest absolute Gasteiger partial charge is 0.320 e. The number of rotatable bonds is 5. The van der Waals surface area contributed by atoms with Gasteiger partial charge in [-0.2, -0.15) is 0 Å². The highest BCUT2D eigenvalue weighted by Crippen LogP contribution is 2.21. The maximum absolute atomic E-state index is 12.1. The number of thiophene rings is 1. The lowest BCUT2D eigenvalue weighted by Gasteiger charge is -2.06. The minimum absolute atomic E-state index is 0.205. The van der Waals surface area contributed by atoms with Crippen LogP contribution in [0.1, 0.15) is 15.4 Å². The highest BCUT2D eigenvalue weighted by Gasteiger charge is 2.09. The maximum Gasteiger partial charge on any atom is 0.320 e. The summed E-state index contributed by atoms with van der Waals surface area (Å²) in [5.41, 5.74) is 0.764. The van der Waals surface area contributed by atoms with Crippen LogP contribution in [-0.4, -0.2) is 25.0 Å². The Morgan fingerprint density at radius 1 is 1.14 bits per heavy atom. The van der Waals surface area contributed by atoms with E-state index < -0.39 is 11.1 Å². The van der Waals surface area contributed by atoms with Crippen molar-refractivity contribution in [2.45, 2.75) is 6.54 Å². The third-order valence-electron chi connectivity index (χ3n) is 4.14. The topological polar surface area (TPSA) is 102 Å². The van der Waals surface area contributed by atoms with Gasteiger partial charge >= 0.3 is 11.1 Å². The molecule has 1 amide bonds. The van der Waals surface area contributed by atoms with Gasteiger partial charge in [0.15, 0.2) is 0 Å². The van der Waals surface area contributed by atoms with Crippen LogP contribution in [0, 0.1) is 0 Å². The summed E-state index contributed by atoms with van der Waals surface area (Å²) in [5.74, 6) is -0.205. The van der Waals surface area contributed by atoms with Gasteiger partial charge in [-0.3, -0.25) is 19.0 Å². The largest absolute Gasteiger partial charge is 0.346 e. The van der Waals surface area contributed by atoms with Crippen molar-refractivity contribution in [1.29, 1.82) is 0 Å². The Bertz CT molecular complexity index is 1290. The SMILES string of the molecule is O=C(NCc1cn(-c2ccc(-n3cc[nH]c(=O)c3=O)cc2)cn1)c1ccc(Cl)s1. The first kappa shape index (κ1) is 18.9. The van der Waals surface area contributed by atoms with Gasteiger partial charge in [0.2, 0.25) is 0 Å². The number of halogens is 1. The number of H-pyrrole nitrogens is 1. The molecule has 1 aromatic carbocycles. The fraction of sp³-hybridized carbons (Fsp3) is 0.0526. The van der Waals surface area contributed by atoms with Crippen LogP contribution < -0.4 is 16.4 Å². The summed E-state index contributed by atoms with van der Waals surface area (Å²) in [6.07, 6.45) is 6.35. The van der Waals surface area contributed by atoms with Gasteiger partial charge in [-0.25, -0.2) is 4.98 Å². The third-order valence-corrected chi connectivity index (χ3v) is 5.37. The van der Waals surface area contributed by atoms with Crippen LogP contribution in [0.15, 0.2) is 70.9 Å². The van der Waals surface area contributed by atoms with E-state index in [-0.39, 0.29) is 12.5 Å². The molecule has 0 fully saturated rings. The molecular formula is C19H14ClN5O3S. The number of hydrogen-bond donors (Lipinski definition) is 2. The number of imidazole rings is 1. The van der Waals surface area contributed by atoms with Crippen molar-refractivity contribution < 1.29 is 4.79 Å². The lowest BCUT2D eigenvalue weighted by Crippen LogP contribution is -2.34. The summed E-state index contributed by atoms with van der Waals surface area (Å²) in [4.78, 5) is 42.7. The number of benzene rings is 1. The van der Waals surface area contributed by atoms with Crippen LogP contribution in [0.3, 0.4) is 0 Å². The molecule has 0 spiro atoms. The fourth-order valence-electron chi connectivity index (χ4n) is 2.71. The van der Waals surface area contributed by atoms with E-state index in [1.807, 2.05) is 0 Å². The molecule has 0 bridgehead atoms. The molecule has 8 nitrogen and oxygen atoms in total. The Morgan fingerprint density at radius 3 is 2.62 bits per heavy atom. The quantitative estimate of drug-likeness (QED) is 0.477. The number of carbonyl (C=O) groups excluding carboxylic acids is 1. The van der Waals surface area contributed by atoms with Gasteiger partial charge in [0.1, 0.15) is 0 Å². The van der Waals surface area contributed by atoms with Gasteiger partial charge in [0.25, 0.3) is 5.91 Å². The summed E-state index contributed by atoms with van der Waals surface area (Å²) in [6, 6.07) is 10.4. The second-order valence-electron chi connectivity index (χ2n) is 6.04. The molecule has 0 aliphatic heterocycles. The highest BCUT2D eigenvalue weighted by molar-refractivity contribution is 7.17. The van der Waals surface area contributed by atoms with Gasteiger partial charge in [0, 0.05) is 30.0 Å². The normalized spacial score (nSPS) is 10.8. The lowest BCUT2D eigenvalue weighted by molar-refractivity contribution is 0.0954. The summed E-state index contributed by atoms with van der Waals surface area (Å²) < 4.78 is 3.63. The standard InChI is InChI=1S/C19H14ClN5O3S/c20-16-6-5-15(29-16)17(26)22-9-12-10-24(11-23-12)13-1-3-14(4-2-13)25-8-7-21-18(27)19(25)28/h1-8,10-11H,9H2,(H,21,27)(H,22,26). The van der Waals surface area contributed by atoms with Crippen molar-refractivity contribution in [3.8, 4) is 11.4 Å². The molecule has 0 radical (unpaired) electrons. The molecule has 3 aromatic heterocycles. The molecule has 0 unspecified atom stereocenters. The molecule has 0 saturated heterocycles. The first-order valence-electron chi connectivity index (χ1n) is 8.49. The molecule has 0 saturated carbocycles. The summed E-state index contributed by atoms with van der Waals surface area (Å²) in [5, 5.41) is 2.80. The predicted molar refractivity (Wildman–Crippen MR) is 110 cm³/mol. The number of hydrogen-bond acceptors (Lipinski definition) is 5. The van der Waals surface area contributed by atoms with Crippen molar-refractivity contribution in [3.63, 3.8) is 0 Å². The number of aromatic amines is 1. The van der Waals surface area contributed by atoms with Crippen molar-refractivity contribution in [2.24, 2.45) is 0 Å². The Labute approximate surface area is 173 Å². The van der Waals surface area contributed by atoms with Crippen LogP contribution >= 0.6 is 22.9 Å². The number of nitrogens with zero attached hydrogens (tertiary/aromatic N) is 3. The summed E-state index contributed by atoms with van der Waals surface area (Å²) in [6.45, 7) is 0.279. The Hall–Kier alpha value is -3.43. The maximum atomic E-state index is 12.1. The minimum Gasteiger partial charge on any atom is -0.346 e. The monoisotopic (exact) mass is 427 g/mol. The van der Waals surface area contributed by atoms with Gasteiger partial charge < -0.3 is 14.9 Å². The zero-order chi connectivity index (χ0) is 20.4. The average Bonchev–Trinajstić information content (AvgIpc) is 3.38. The van der Waals surface area contributed by atoms with E-state index in [4.69, 9.17) is 11.6 Å². The predicted octanol–water partition coefficient (Wildman–Crippen LogP) is 2.36. The third kappa shape index (κ3) is 4.05. The van der Waals surface area contributed by atoms with Crippen LogP contribution in [0.4, 0.5) is 0 Å². The second-order valence-corrected chi connectivity index (χ2v) is 7.75. The zero-order valence-corrected chi connectivity index (χ0v) is 16.4. The molecule has 146 valence electrons. The summed E-state index contributed by atoms with van der Waals surface area (Å²) >= 11 is 7.06. The van der Waals surface area contributed by atoms with Crippen molar-refractivity contribution in [2.75, 3.05) is 0 Å². The molecule has 3 heterocycles. The number of aromatic nitrogens is 4. The highest BCUT2D eigenvalue weighted by atomic mass is 35.5. The van der Waals surface area contributed by atoms with E-state index in [0.29, 0.717) is 20.6 Å². The van der Waals surface area contributed by atoms with E-state index in [0.717, 1.165) is 5.69 Å². The fourth-order valence-corrected chi connectivity index (χ4v) is 3.66. The Kier molecular flexibility index (Phi) is 5.15. The van der Waals surface area contributed by atoms with Crippen LogP contribution in [0.25, 0.3) is 11.4 Å². The van der Waals surface area contributed by atoms with E-state index >= 15 is 0 Å². The van der Waals surface area contributed by atoms with Crippen LogP contribution in [0.5, 0.6) is 0 Å². The van der Waals surface area contributed by atoms with Gasteiger partial charge in [-0.05, 0) is 36.4 Å². The molecule has 29 heavy (non-hydrogen) atoms. The molecule has 10 heteroatoms. The van der Waals surface area contributed by atoms with Gasteiger partial charge in [0.05, 0.1) is 27.8 Å². The lowest BCUT2D eigenvalue weighted by atomic mass is 10.2. The molecular weight excluding hydrogens is 414 g/mol. The Morgan fingerprint density at radius 2 is 1.90 bits per heavy atom. The minimum atomic E-state index is -0.678. The van der Waals surface area contributed by atoms with Crippen LogP contribution in [-0.2, 0) is 6.54 Å². The first-order chi connectivity index (χ1) is 14.0. The van der Waals surface area contributed by atoms with E-state index in [1.165, 1.54) is 28.3 Å². The summed E-state index contributed by atoms with van der Waals surface area (Å²) in [7, 11) is 0. The number of amides is 1. The zero-order valence-electron chi connectivity index (χ0n) is 14.8. The first-order valence-corrected chi connectivity index (χ1v) is 9.68. The second kappa shape index (κ2) is 7.90. The van der Waals surface area contributed by atoms with Crippen molar-refractivity contribution in [3.05, 3.63) is 96.9 Å². The Balaban J connectivity index is 1.46. The van der Waals surface area contributed by atoms with Gasteiger partial charge in [-0.1, -0.05) is 11.6 Å². The molecule has 0 atom stereocenters. The average molecular weight is 428 g/mol. The van der Waals surface area contributed by atoms with E-state index in [9.17, 15) is 14.4 Å². The molecule has 4 aromatic rings. The molecule has 4 rings (SSSR count). The molecule has 2 N–H and O–H groups in total. The molecule has 0 aliphatic carbocycles.